The Kier molecular flexibility index (Phi) is 5.92. The van der Waals surface area contributed by atoms with E-state index in [-0.39, 0.29) is 43.7 Å². The zero-order valence-corrected chi connectivity index (χ0v) is 54.4. The topological polar surface area (TPSA) is 76.7 Å². The second-order valence-electron chi connectivity index (χ2n) is 33.7. The molecule has 6 nitrogen and oxygen atoms in total. The first-order valence-electron chi connectivity index (χ1n) is 37.5. The van der Waals surface area contributed by atoms with Crippen molar-refractivity contribution < 1.29 is 19.1 Å². The van der Waals surface area contributed by atoms with Crippen LogP contribution in [-0.2, 0) is 37.7 Å². The predicted molar refractivity (Wildman–Crippen MR) is 425 cm³/mol. The van der Waals surface area contributed by atoms with Gasteiger partial charge in [-0.1, -0.05) is 140 Å². The number of hydrogen-bond acceptors (Lipinski definition) is 6. The van der Waals surface area contributed by atoms with E-state index in [2.05, 4.69) is 108 Å². The molecule has 2 N–H and O–H groups in total. The maximum atomic E-state index is 18.0. The van der Waals surface area contributed by atoms with Crippen molar-refractivity contribution in [3.05, 3.63) is 201 Å². The summed E-state index contributed by atoms with van der Waals surface area (Å²) in [5, 5.41) is 90.5. The zero-order valence-electron chi connectivity index (χ0n) is 54.4. The van der Waals surface area contributed by atoms with Crippen molar-refractivity contribution in [2.45, 2.75) is 42.7 Å². The summed E-state index contributed by atoms with van der Waals surface area (Å²) >= 11 is 0. The fourth-order valence-corrected chi connectivity index (χ4v) is 29.1. The number of carbonyl (C=O) groups is 2. The molecule has 37 rings (SSSR count). The maximum Gasteiger partial charge on any atom is 0.324 e. The monoisotopic (exact) mass is 1300 g/mol. The van der Waals surface area contributed by atoms with E-state index in [9.17, 15) is 4.79 Å². The molecule has 0 spiro atoms. The zero-order chi connectivity index (χ0) is 64.8. The molecule has 33 aromatic rings. The van der Waals surface area contributed by atoms with Gasteiger partial charge in [0.05, 0.1) is 24.0 Å². The van der Waals surface area contributed by atoms with Gasteiger partial charge in [-0.15, -0.1) is 0 Å². The summed E-state index contributed by atoms with van der Waals surface area (Å²) in [6.07, 6.45) is 0. The minimum atomic E-state index is -1.01. The van der Waals surface area contributed by atoms with Crippen LogP contribution in [0.2, 0.25) is 0 Å². The second kappa shape index (κ2) is 13.2. The first kappa shape index (κ1) is 46.8. The molecule has 6 heteroatoms. The summed E-state index contributed by atoms with van der Waals surface area (Å²) in [6, 6.07) is 49.1. The minimum Gasteiger partial charge on any atom is -0.460 e. The van der Waals surface area contributed by atoms with Gasteiger partial charge >= 0.3 is 11.9 Å². The molecular weight excluding hydrogens is 1270 g/mol. The quantitative estimate of drug-likeness (QED) is 0.0787. The summed E-state index contributed by atoms with van der Waals surface area (Å²) in [7, 11) is 0. The van der Waals surface area contributed by atoms with Gasteiger partial charge in [-0.25, -0.2) is 0 Å². The molecule has 104 heavy (non-hydrogen) atoms. The predicted octanol–water partition coefficient (Wildman–Crippen LogP) is 23.1. The van der Waals surface area contributed by atoms with Crippen LogP contribution in [0.5, 0.6) is 0 Å². The fraction of sp³-hybridized carbons (Fsp3) is 0.0816. The summed E-state index contributed by atoms with van der Waals surface area (Å²) in [5.74, 6) is -0.814. The first-order chi connectivity index (χ1) is 51.6. The highest BCUT2D eigenvalue weighted by atomic mass is 16.5. The molecule has 4 aliphatic rings. The molecule has 4 aliphatic carbocycles. The lowest BCUT2D eigenvalue weighted by Gasteiger charge is -2.49. The summed E-state index contributed by atoms with van der Waals surface area (Å²) in [6.45, 7) is 0.145. The van der Waals surface area contributed by atoms with Crippen LogP contribution >= 0.6 is 0 Å². The Morgan fingerprint density at radius 2 is 0.538 bits per heavy atom. The third kappa shape index (κ3) is 3.60. The Morgan fingerprint density at radius 3 is 0.846 bits per heavy atom. The van der Waals surface area contributed by atoms with E-state index in [0.29, 0.717) is 0 Å². The van der Waals surface area contributed by atoms with Crippen molar-refractivity contribution in [3.63, 3.8) is 0 Å². The maximum absolute atomic E-state index is 18.0. The van der Waals surface area contributed by atoms with Crippen molar-refractivity contribution in [2.75, 3.05) is 6.54 Å². The number of nitrogens with one attached hydrogen (secondary N) is 2. The normalized spacial score (nSPS) is 18.0. The Hall–Kier alpha value is -12.6. The van der Waals surface area contributed by atoms with Gasteiger partial charge < -0.3 is 9.47 Å². The van der Waals surface area contributed by atoms with E-state index >= 15 is 4.79 Å². The summed E-state index contributed by atoms with van der Waals surface area (Å²) in [5.41, 5.74) is 10.8. The number of benzene rings is 23. The molecule has 0 fully saturated rings. The molecule has 33 aromatic carbocycles. The Bertz CT molecular complexity index is 9010. The number of carbonyl (C=O) groups excluding carboxylic acids is 2. The molecule has 0 saturated carbocycles. The summed E-state index contributed by atoms with van der Waals surface area (Å²) < 4.78 is 13.5. The highest BCUT2D eigenvalue weighted by Gasteiger charge is 2.67. The van der Waals surface area contributed by atoms with Gasteiger partial charge in [0.15, 0.2) is 0 Å². The molecule has 0 bridgehead atoms. The van der Waals surface area contributed by atoms with Crippen LogP contribution in [0, 0.1) is 0 Å². The molecule has 0 amide bonds. The number of hydrogen-bond donors (Lipinski definition) is 2. The third-order valence-electron chi connectivity index (χ3n) is 31.0. The van der Waals surface area contributed by atoms with Gasteiger partial charge in [0.1, 0.15) is 19.3 Å². The van der Waals surface area contributed by atoms with E-state index in [0.717, 1.165) is 33.4 Å². The van der Waals surface area contributed by atoms with E-state index < -0.39 is 17.5 Å². The van der Waals surface area contributed by atoms with E-state index in [1.165, 1.54) is 195 Å². The SMILES string of the molecule is O=C(CNC(c1ccccc1)c1ccccc1)OCc1cccc(COC(=O)C(NC(c2ccccc2)c2ccccc2)C23c4c5c6c7c8c9c(c%10c%11c2c2c4c4c%12c5c5c6c6c8c8c%13c9c9c%10c%10c%11c%11c2c2c4c4c%12c%12c5c5c6c8c6c8c%13c9c9c%10c%10c%11c2c2c4c4c%12c5c6c5c8c9c%10c2c45)C73)c1. The van der Waals surface area contributed by atoms with Gasteiger partial charge in [0.25, 0.3) is 0 Å². The number of esters is 2. The lowest BCUT2D eigenvalue weighted by atomic mass is 9.54. The smallest absolute Gasteiger partial charge is 0.324 e. The second-order valence-corrected chi connectivity index (χ2v) is 33.7. The van der Waals surface area contributed by atoms with Crippen LogP contribution in [0.15, 0.2) is 146 Å². The Balaban J connectivity index is 0.681. The highest BCUT2D eigenvalue weighted by molar-refractivity contribution is 6.82. The average Bonchev–Trinajstić information content (AvgIpc) is 1.39. The van der Waals surface area contributed by atoms with Crippen LogP contribution < -0.4 is 10.6 Å². The lowest BCUT2D eigenvalue weighted by Crippen LogP contribution is -2.58. The Morgan fingerprint density at radius 1 is 0.288 bits per heavy atom. The van der Waals surface area contributed by atoms with E-state index in [1.54, 1.807) is 118 Å². The van der Waals surface area contributed by atoms with E-state index in [4.69, 9.17) is 9.47 Å². The van der Waals surface area contributed by atoms with E-state index in [1.807, 2.05) is 48.5 Å². The molecule has 0 radical (unpaired) electrons. The molecule has 0 aliphatic heterocycles. The van der Waals surface area contributed by atoms with Crippen LogP contribution in [0.4, 0.5) is 0 Å². The molecule has 462 valence electrons. The first-order valence-corrected chi connectivity index (χ1v) is 37.5. The molecule has 0 heterocycles. The van der Waals surface area contributed by atoms with Crippen molar-refractivity contribution in [3.8, 4) is 0 Å². The van der Waals surface area contributed by atoms with Crippen molar-refractivity contribution in [1.29, 1.82) is 0 Å². The van der Waals surface area contributed by atoms with Gasteiger partial charge in [0.2, 0.25) is 0 Å². The lowest BCUT2D eigenvalue weighted by molar-refractivity contribution is -0.149. The number of rotatable bonds is 15. The van der Waals surface area contributed by atoms with Crippen LogP contribution in [0.25, 0.3) is 291 Å². The van der Waals surface area contributed by atoms with Gasteiger partial charge in [-0.3, -0.25) is 20.2 Å². The molecule has 1 unspecified atom stereocenters. The van der Waals surface area contributed by atoms with Crippen LogP contribution in [-0.4, -0.2) is 24.5 Å². The van der Waals surface area contributed by atoms with Gasteiger partial charge in [-0.05, 0) is 353 Å². The number of ether oxygens (including phenoxy) is 2. The van der Waals surface area contributed by atoms with Crippen molar-refractivity contribution in [1.82, 2.24) is 10.6 Å². The summed E-state index contributed by atoms with van der Waals surface area (Å²) in [4.78, 5) is 31.8. The van der Waals surface area contributed by atoms with Crippen molar-refractivity contribution >= 4 is 303 Å². The standard InChI is InChI=1S/C98H36N2O4/c101-34(25-99-94(30-16-5-1-6-17-30)31-18-7-2-8-19-31)103-26-28-14-13-15-29(24-28)27-104-97(102)96(100-95(32-20-9-3-10-21-32)33-22-11-4-12-23-33)98-91-87-81-67-59-51-39-36-35-37-40(39)52-54-50-44(37)46-42-38(35)41-45-43(36)49-53(51)65(67)73-71-57(49)55(45)63-61-47(41)48(42)62-64-56(46)58(50)72-74-66(54)68(60(52)59)82(81)88(91)84(74)86-78(72)76(64)80-70(62)69(61)79-75(63)77(71)85(83(73)87)92(98)89(79)90(80)93(86)98/h1-24,91,94-96,99-100H,25-27H2. The minimum absolute atomic E-state index is 0.0296. The van der Waals surface area contributed by atoms with Crippen LogP contribution in [0.1, 0.15) is 73.6 Å². The molecular formula is C98H36N2O4. The molecule has 0 aromatic heterocycles. The van der Waals surface area contributed by atoms with Gasteiger partial charge in [0, 0.05) is 5.92 Å². The molecule has 1 atom stereocenters. The fourth-order valence-electron chi connectivity index (χ4n) is 29.1. The average molecular weight is 1310 g/mol. The highest BCUT2D eigenvalue weighted by Crippen LogP contribution is 2.84. The largest absolute Gasteiger partial charge is 0.460 e. The van der Waals surface area contributed by atoms with Crippen molar-refractivity contribution in [2.24, 2.45) is 0 Å². The van der Waals surface area contributed by atoms with Gasteiger partial charge in [-0.2, -0.15) is 0 Å². The third-order valence-corrected chi connectivity index (χ3v) is 31.0. The van der Waals surface area contributed by atoms with Crippen LogP contribution in [0.3, 0.4) is 0 Å². The Labute approximate surface area is 579 Å². The molecule has 0 saturated heterocycles.